The lowest BCUT2D eigenvalue weighted by atomic mass is 10.2. The Bertz CT molecular complexity index is 479. The molecule has 110 valence electrons. The maximum Gasteiger partial charge on any atom is 0.305 e. The van der Waals surface area contributed by atoms with E-state index in [0.717, 1.165) is 22.8 Å². The number of benzene rings is 1. The zero-order chi connectivity index (χ0) is 15.0. The minimum Gasteiger partial charge on any atom is -0.469 e. The van der Waals surface area contributed by atoms with Gasteiger partial charge in [0.15, 0.2) is 0 Å². The molecule has 1 rings (SSSR count). The van der Waals surface area contributed by atoms with Crippen LogP contribution in [0.1, 0.15) is 25.7 Å². The zero-order valence-electron chi connectivity index (χ0n) is 11.2. The molecule has 0 atom stereocenters. The third-order valence-electron chi connectivity index (χ3n) is 2.76. The van der Waals surface area contributed by atoms with Crippen LogP contribution in [0.5, 0.6) is 0 Å². The van der Waals surface area contributed by atoms with E-state index in [0.29, 0.717) is 18.7 Å². The van der Waals surface area contributed by atoms with E-state index in [2.05, 4.69) is 10.1 Å². The summed E-state index contributed by atoms with van der Waals surface area (Å²) in [5.74, 6) is -0.203. The van der Waals surface area contributed by atoms with Crippen molar-refractivity contribution in [3.05, 3.63) is 31.9 Å². The minimum atomic E-state index is -0.387. The Morgan fingerprint density at radius 2 is 2.15 bits per heavy atom. The quantitative estimate of drug-likeness (QED) is 0.241. The Labute approximate surface area is 131 Å². The summed E-state index contributed by atoms with van der Waals surface area (Å²) in [5.41, 5.74) is 0.620. The van der Waals surface area contributed by atoms with Crippen LogP contribution in [-0.4, -0.2) is 24.5 Å². The van der Waals surface area contributed by atoms with Crippen molar-refractivity contribution < 1.29 is 14.5 Å². The number of rotatable bonds is 8. The van der Waals surface area contributed by atoms with Crippen LogP contribution in [0.25, 0.3) is 0 Å². The summed E-state index contributed by atoms with van der Waals surface area (Å²) in [5, 5.41) is 14.0. The average Bonchev–Trinajstić information content (AvgIpc) is 2.43. The summed E-state index contributed by atoms with van der Waals surface area (Å²) in [4.78, 5) is 21.4. The second kappa shape index (κ2) is 8.72. The highest BCUT2D eigenvalue weighted by Crippen LogP contribution is 2.26. The summed E-state index contributed by atoms with van der Waals surface area (Å²) in [7, 11) is 1.37. The molecule has 0 spiro atoms. The van der Waals surface area contributed by atoms with Gasteiger partial charge in [0.2, 0.25) is 0 Å². The smallest absolute Gasteiger partial charge is 0.305 e. The summed E-state index contributed by atoms with van der Waals surface area (Å²) in [6.07, 6.45) is 2.91. The molecule has 20 heavy (non-hydrogen) atoms. The Kier molecular flexibility index (Phi) is 7.27. The minimum absolute atomic E-state index is 0.0893. The number of methoxy groups -OCH3 is 1. The first-order valence-corrected chi connectivity index (χ1v) is 7.37. The monoisotopic (exact) mass is 392 g/mol. The standard InChI is InChI=1S/C13H17IN2O4/c1-20-13(17)5-3-2-4-8-15-11-7-6-10(14)9-12(11)16(18)19/h6-7,9,15H,2-5,8H2,1H3. The van der Waals surface area contributed by atoms with Gasteiger partial charge in [-0.25, -0.2) is 0 Å². The van der Waals surface area contributed by atoms with Crippen LogP contribution in [0.15, 0.2) is 18.2 Å². The highest BCUT2D eigenvalue weighted by atomic mass is 127. The van der Waals surface area contributed by atoms with Crippen molar-refractivity contribution >= 4 is 39.9 Å². The number of carbonyl (C=O) groups excluding carboxylic acids is 1. The topological polar surface area (TPSA) is 81.5 Å². The van der Waals surface area contributed by atoms with E-state index < -0.39 is 0 Å². The lowest BCUT2D eigenvalue weighted by molar-refractivity contribution is -0.384. The van der Waals surface area contributed by atoms with Gasteiger partial charge >= 0.3 is 5.97 Å². The molecule has 0 aliphatic rings. The van der Waals surface area contributed by atoms with Crippen molar-refractivity contribution in [1.82, 2.24) is 0 Å². The fourth-order valence-electron chi connectivity index (χ4n) is 1.70. The van der Waals surface area contributed by atoms with E-state index >= 15 is 0 Å². The largest absolute Gasteiger partial charge is 0.469 e. The number of unbranched alkanes of at least 4 members (excludes halogenated alkanes) is 2. The van der Waals surface area contributed by atoms with Crippen LogP contribution in [0, 0.1) is 13.7 Å². The third kappa shape index (κ3) is 5.72. The van der Waals surface area contributed by atoms with E-state index in [-0.39, 0.29) is 16.6 Å². The van der Waals surface area contributed by atoms with Gasteiger partial charge in [0.1, 0.15) is 5.69 Å². The number of nitro benzene ring substituents is 1. The van der Waals surface area contributed by atoms with Crippen LogP contribution in [0.2, 0.25) is 0 Å². The summed E-state index contributed by atoms with van der Waals surface area (Å²) in [6.45, 7) is 0.641. The van der Waals surface area contributed by atoms with E-state index in [1.54, 1.807) is 12.1 Å². The number of hydrogen-bond donors (Lipinski definition) is 1. The molecule has 1 N–H and O–H groups in total. The Morgan fingerprint density at radius 3 is 2.80 bits per heavy atom. The molecule has 1 aromatic carbocycles. The Morgan fingerprint density at radius 1 is 1.40 bits per heavy atom. The molecule has 0 saturated carbocycles. The van der Waals surface area contributed by atoms with Crippen molar-refractivity contribution in [1.29, 1.82) is 0 Å². The molecule has 0 saturated heterocycles. The number of carbonyl (C=O) groups is 1. The SMILES string of the molecule is COC(=O)CCCCCNc1ccc(I)cc1[N+](=O)[O-]. The van der Waals surface area contributed by atoms with Crippen LogP contribution < -0.4 is 5.32 Å². The summed E-state index contributed by atoms with van der Waals surface area (Å²) in [6, 6.07) is 5.08. The average molecular weight is 392 g/mol. The highest BCUT2D eigenvalue weighted by Gasteiger charge is 2.13. The van der Waals surface area contributed by atoms with E-state index in [1.165, 1.54) is 7.11 Å². The number of nitrogens with one attached hydrogen (secondary N) is 1. The van der Waals surface area contributed by atoms with Crippen LogP contribution in [0.3, 0.4) is 0 Å². The van der Waals surface area contributed by atoms with Crippen LogP contribution in [-0.2, 0) is 9.53 Å². The van der Waals surface area contributed by atoms with Gasteiger partial charge in [0.05, 0.1) is 12.0 Å². The predicted molar refractivity (Wildman–Crippen MR) is 84.8 cm³/mol. The van der Waals surface area contributed by atoms with Crippen molar-refractivity contribution in [2.24, 2.45) is 0 Å². The summed E-state index contributed by atoms with van der Waals surface area (Å²) < 4.78 is 5.38. The third-order valence-corrected chi connectivity index (χ3v) is 3.43. The van der Waals surface area contributed by atoms with Gasteiger partial charge in [0, 0.05) is 22.6 Å². The van der Waals surface area contributed by atoms with Crippen molar-refractivity contribution in [2.75, 3.05) is 19.0 Å². The first-order valence-electron chi connectivity index (χ1n) is 6.29. The number of nitro groups is 1. The molecule has 7 heteroatoms. The maximum absolute atomic E-state index is 10.9. The molecule has 0 unspecified atom stereocenters. The predicted octanol–water partition coefficient (Wildman–Crippen LogP) is 3.34. The molecule has 0 aliphatic carbocycles. The van der Waals surface area contributed by atoms with E-state index in [1.807, 2.05) is 28.7 Å². The van der Waals surface area contributed by atoms with Crippen LogP contribution >= 0.6 is 22.6 Å². The fourth-order valence-corrected chi connectivity index (χ4v) is 2.18. The van der Waals surface area contributed by atoms with Gasteiger partial charge in [0.25, 0.3) is 5.69 Å². The lowest BCUT2D eigenvalue weighted by Crippen LogP contribution is -2.05. The first-order chi connectivity index (χ1) is 9.54. The number of nitrogens with zero attached hydrogens (tertiary/aromatic N) is 1. The number of anilines is 1. The van der Waals surface area contributed by atoms with Gasteiger partial charge in [-0.2, -0.15) is 0 Å². The van der Waals surface area contributed by atoms with Gasteiger partial charge in [-0.05, 0) is 47.6 Å². The van der Waals surface area contributed by atoms with E-state index in [4.69, 9.17) is 0 Å². The number of ether oxygens (including phenoxy) is 1. The highest BCUT2D eigenvalue weighted by molar-refractivity contribution is 14.1. The second-order valence-electron chi connectivity index (χ2n) is 4.23. The lowest BCUT2D eigenvalue weighted by Gasteiger charge is -2.07. The van der Waals surface area contributed by atoms with Crippen molar-refractivity contribution in [3.8, 4) is 0 Å². The molecule has 1 aromatic rings. The van der Waals surface area contributed by atoms with Crippen LogP contribution in [0.4, 0.5) is 11.4 Å². The fraction of sp³-hybridized carbons (Fsp3) is 0.462. The van der Waals surface area contributed by atoms with Gasteiger partial charge in [-0.1, -0.05) is 6.42 Å². The molecule has 0 heterocycles. The molecule has 0 amide bonds. The summed E-state index contributed by atoms with van der Waals surface area (Å²) >= 11 is 2.05. The van der Waals surface area contributed by atoms with Gasteiger partial charge in [-0.15, -0.1) is 0 Å². The number of esters is 1. The number of hydrogen-bond acceptors (Lipinski definition) is 5. The number of halogens is 1. The zero-order valence-corrected chi connectivity index (χ0v) is 13.4. The van der Waals surface area contributed by atoms with E-state index in [9.17, 15) is 14.9 Å². The van der Waals surface area contributed by atoms with Crippen molar-refractivity contribution in [3.63, 3.8) is 0 Å². The molecule has 0 aliphatic heterocycles. The molecule has 0 bridgehead atoms. The van der Waals surface area contributed by atoms with Crippen molar-refractivity contribution in [2.45, 2.75) is 25.7 Å². The van der Waals surface area contributed by atoms with Gasteiger partial charge in [-0.3, -0.25) is 14.9 Å². The molecule has 0 aromatic heterocycles. The normalized spacial score (nSPS) is 10.1. The molecule has 6 nitrogen and oxygen atoms in total. The maximum atomic E-state index is 10.9. The second-order valence-corrected chi connectivity index (χ2v) is 5.48. The Balaban J connectivity index is 2.35. The Hall–Kier alpha value is -1.38. The molecule has 0 radical (unpaired) electrons. The molecular formula is C13H17IN2O4. The molecule has 0 fully saturated rings. The molecular weight excluding hydrogens is 375 g/mol. The van der Waals surface area contributed by atoms with Gasteiger partial charge < -0.3 is 10.1 Å². The first kappa shape index (κ1) is 16.7.